The number of carbonyl (C=O) groups excluding carboxylic acids is 1. The van der Waals surface area contributed by atoms with E-state index in [4.69, 9.17) is 5.73 Å². The van der Waals surface area contributed by atoms with E-state index >= 15 is 0 Å². The Kier molecular flexibility index (Phi) is 2.11. The summed E-state index contributed by atoms with van der Waals surface area (Å²) < 4.78 is 26.1. The predicted molar refractivity (Wildman–Crippen MR) is 50.3 cm³/mol. The smallest absolute Gasteiger partial charge is 0.204 e. The molecule has 3 N–H and O–H groups in total. The number of rotatable bonds is 1. The van der Waals surface area contributed by atoms with Crippen LogP contribution in [0.4, 0.5) is 14.5 Å². The SMILES string of the molecule is Nc1cc(C2=NNCC2=O)c(F)cc1F. The van der Waals surface area contributed by atoms with Crippen LogP contribution in [-0.2, 0) is 4.79 Å². The van der Waals surface area contributed by atoms with E-state index in [1.165, 1.54) is 0 Å². The number of anilines is 1. The molecule has 0 saturated heterocycles. The quantitative estimate of drug-likeness (QED) is 0.661. The number of Topliss-reactive ketones (excluding diaryl/α,β-unsaturated/α-hetero) is 1. The number of ketones is 1. The number of halogens is 2. The number of hydrazone groups is 1. The summed E-state index contributed by atoms with van der Waals surface area (Å²) in [5.74, 6) is -2.05. The highest BCUT2D eigenvalue weighted by Gasteiger charge is 2.23. The number of benzene rings is 1. The Hall–Kier alpha value is -1.98. The number of hydrogen-bond acceptors (Lipinski definition) is 4. The maximum Gasteiger partial charge on any atom is 0.204 e. The zero-order valence-corrected chi connectivity index (χ0v) is 7.55. The first kappa shape index (κ1) is 9.57. The molecule has 78 valence electrons. The van der Waals surface area contributed by atoms with E-state index < -0.39 is 11.6 Å². The van der Waals surface area contributed by atoms with Gasteiger partial charge in [0, 0.05) is 11.6 Å². The summed E-state index contributed by atoms with van der Waals surface area (Å²) >= 11 is 0. The molecule has 0 unspecified atom stereocenters. The van der Waals surface area contributed by atoms with Crippen molar-refractivity contribution in [3.05, 3.63) is 29.3 Å². The molecule has 0 aromatic heterocycles. The molecule has 2 rings (SSSR count). The van der Waals surface area contributed by atoms with Gasteiger partial charge in [-0.3, -0.25) is 4.79 Å². The molecule has 0 saturated carbocycles. The van der Waals surface area contributed by atoms with Crippen LogP contribution in [0.15, 0.2) is 17.2 Å². The fourth-order valence-electron chi connectivity index (χ4n) is 1.29. The molecular weight excluding hydrogens is 204 g/mol. The van der Waals surface area contributed by atoms with Crippen LogP contribution in [0.25, 0.3) is 0 Å². The zero-order valence-electron chi connectivity index (χ0n) is 7.55. The average Bonchev–Trinajstić information content (AvgIpc) is 2.58. The van der Waals surface area contributed by atoms with Crippen LogP contribution in [0.3, 0.4) is 0 Å². The Labute approximate surface area is 83.8 Å². The van der Waals surface area contributed by atoms with Crippen molar-refractivity contribution in [2.24, 2.45) is 5.10 Å². The Morgan fingerprint density at radius 1 is 1.33 bits per heavy atom. The minimum atomic E-state index is -0.852. The van der Waals surface area contributed by atoms with E-state index in [0.717, 1.165) is 6.07 Å². The summed E-state index contributed by atoms with van der Waals surface area (Å²) in [4.78, 5) is 11.2. The molecule has 0 aliphatic carbocycles. The predicted octanol–water partition coefficient (Wildman–Crippen LogP) is 0.423. The van der Waals surface area contributed by atoms with Gasteiger partial charge in [0.2, 0.25) is 5.78 Å². The van der Waals surface area contributed by atoms with Gasteiger partial charge in [-0.25, -0.2) is 8.78 Å². The van der Waals surface area contributed by atoms with Crippen molar-refractivity contribution in [2.45, 2.75) is 0 Å². The topological polar surface area (TPSA) is 67.5 Å². The fraction of sp³-hybridized carbons (Fsp3) is 0.111. The van der Waals surface area contributed by atoms with Crippen molar-refractivity contribution in [1.82, 2.24) is 5.43 Å². The van der Waals surface area contributed by atoms with Gasteiger partial charge in [0.05, 0.1) is 12.2 Å². The molecule has 0 radical (unpaired) electrons. The lowest BCUT2D eigenvalue weighted by Gasteiger charge is -2.03. The molecule has 0 amide bonds. The lowest BCUT2D eigenvalue weighted by atomic mass is 10.1. The lowest BCUT2D eigenvalue weighted by Crippen LogP contribution is -2.16. The fourth-order valence-corrected chi connectivity index (χ4v) is 1.29. The first-order valence-corrected chi connectivity index (χ1v) is 4.18. The molecule has 1 aromatic carbocycles. The normalized spacial score (nSPS) is 15.1. The first-order valence-electron chi connectivity index (χ1n) is 4.18. The largest absolute Gasteiger partial charge is 0.396 e. The van der Waals surface area contributed by atoms with Gasteiger partial charge in [-0.2, -0.15) is 5.10 Å². The zero-order chi connectivity index (χ0) is 11.0. The molecule has 1 aliphatic rings. The van der Waals surface area contributed by atoms with E-state index in [2.05, 4.69) is 10.5 Å². The van der Waals surface area contributed by atoms with Gasteiger partial charge in [-0.15, -0.1) is 0 Å². The van der Waals surface area contributed by atoms with Crippen LogP contribution in [0.5, 0.6) is 0 Å². The van der Waals surface area contributed by atoms with Gasteiger partial charge >= 0.3 is 0 Å². The van der Waals surface area contributed by atoms with Crippen molar-refractivity contribution < 1.29 is 13.6 Å². The molecule has 0 atom stereocenters. The van der Waals surface area contributed by atoms with Crippen molar-refractivity contribution in [3.63, 3.8) is 0 Å². The van der Waals surface area contributed by atoms with Gasteiger partial charge in [-0.05, 0) is 6.07 Å². The van der Waals surface area contributed by atoms with Gasteiger partial charge in [0.1, 0.15) is 17.3 Å². The third kappa shape index (κ3) is 1.54. The minimum Gasteiger partial charge on any atom is -0.396 e. The second kappa shape index (κ2) is 3.30. The average molecular weight is 211 g/mol. The minimum absolute atomic E-state index is 0.0199. The molecule has 4 nitrogen and oxygen atoms in total. The van der Waals surface area contributed by atoms with Crippen LogP contribution in [0, 0.1) is 11.6 Å². The number of nitrogens with one attached hydrogen (secondary N) is 1. The summed E-state index contributed by atoms with van der Waals surface area (Å²) in [6, 6.07) is 1.70. The van der Waals surface area contributed by atoms with Crippen LogP contribution in [0.2, 0.25) is 0 Å². The van der Waals surface area contributed by atoms with Crippen LogP contribution >= 0.6 is 0 Å². The molecule has 15 heavy (non-hydrogen) atoms. The molecule has 1 aromatic rings. The first-order chi connectivity index (χ1) is 7.09. The van der Waals surface area contributed by atoms with Gasteiger partial charge in [0.25, 0.3) is 0 Å². The maximum absolute atomic E-state index is 13.3. The maximum atomic E-state index is 13.3. The molecule has 0 fully saturated rings. The highest BCUT2D eigenvalue weighted by molar-refractivity contribution is 6.48. The Balaban J connectivity index is 2.53. The van der Waals surface area contributed by atoms with Gasteiger partial charge in [-0.1, -0.05) is 0 Å². The Morgan fingerprint density at radius 2 is 2.07 bits per heavy atom. The molecule has 6 heteroatoms. The lowest BCUT2D eigenvalue weighted by molar-refractivity contribution is -0.111. The number of nitrogens with two attached hydrogens (primary N) is 1. The summed E-state index contributed by atoms with van der Waals surface area (Å²) in [7, 11) is 0. The standard InChI is InChI=1S/C9H7F2N3O/c10-5-2-6(11)7(12)1-4(5)9-8(15)3-13-14-9/h1-2,13H,3,12H2. The highest BCUT2D eigenvalue weighted by atomic mass is 19.1. The Bertz CT molecular complexity index is 471. The number of carbonyl (C=O) groups is 1. The van der Waals surface area contributed by atoms with Crippen molar-refractivity contribution in [1.29, 1.82) is 0 Å². The van der Waals surface area contributed by atoms with E-state index in [0.29, 0.717) is 6.07 Å². The third-order valence-electron chi connectivity index (χ3n) is 2.04. The van der Waals surface area contributed by atoms with Crippen LogP contribution in [-0.4, -0.2) is 18.0 Å². The van der Waals surface area contributed by atoms with Crippen LogP contribution in [0.1, 0.15) is 5.56 Å². The number of nitrogens with zero attached hydrogens (tertiary/aromatic N) is 1. The van der Waals surface area contributed by atoms with E-state index in [1.807, 2.05) is 0 Å². The molecule has 1 heterocycles. The van der Waals surface area contributed by atoms with Crippen molar-refractivity contribution in [2.75, 3.05) is 12.3 Å². The summed E-state index contributed by atoms with van der Waals surface area (Å²) in [6.45, 7) is 0.0199. The number of nitrogen functional groups attached to an aromatic ring is 1. The highest BCUT2D eigenvalue weighted by Crippen LogP contribution is 2.18. The monoisotopic (exact) mass is 211 g/mol. The van der Waals surface area contributed by atoms with Crippen molar-refractivity contribution in [3.8, 4) is 0 Å². The molecule has 0 bridgehead atoms. The summed E-state index contributed by atoms with van der Waals surface area (Å²) in [5.41, 5.74) is 7.34. The van der Waals surface area contributed by atoms with Crippen molar-refractivity contribution >= 4 is 17.2 Å². The Morgan fingerprint density at radius 3 is 2.67 bits per heavy atom. The van der Waals surface area contributed by atoms with Gasteiger partial charge in [0.15, 0.2) is 0 Å². The molecule has 0 spiro atoms. The van der Waals surface area contributed by atoms with E-state index in [-0.39, 0.29) is 29.3 Å². The van der Waals surface area contributed by atoms with E-state index in [1.54, 1.807) is 0 Å². The summed E-state index contributed by atoms with van der Waals surface area (Å²) in [6.07, 6.45) is 0. The second-order valence-corrected chi connectivity index (χ2v) is 3.07. The van der Waals surface area contributed by atoms with Crippen LogP contribution < -0.4 is 11.2 Å². The third-order valence-corrected chi connectivity index (χ3v) is 2.04. The second-order valence-electron chi connectivity index (χ2n) is 3.07. The molecular formula is C9H7F2N3O. The van der Waals surface area contributed by atoms with Gasteiger partial charge < -0.3 is 11.2 Å². The number of hydrogen-bond donors (Lipinski definition) is 2. The summed E-state index contributed by atoms with van der Waals surface area (Å²) in [5, 5.41) is 3.62. The van der Waals surface area contributed by atoms with E-state index in [9.17, 15) is 13.6 Å². The molecule has 1 aliphatic heterocycles.